The van der Waals surface area contributed by atoms with E-state index in [1.54, 1.807) is 0 Å². The second kappa shape index (κ2) is 6.66. The molecule has 1 N–H and O–H groups in total. The molecule has 7 heteroatoms. The van der Waals surface area contributed by atoms with Gasteiger partial charge in [-0.25, -0.2) is 0 Å². The summed E-state index contributed by atoms with van der Waals surface area (Å²) < 4.78 is 10.7. The number of aliphatic hydroxyl groups excluding tert-OH is 1. The Morgan fingerprint density at radius 3 is 2.70 bits per heavy atom. The van der Waals surface area contributed by atoms with Crippen molar-refractivity contribution < 1.29 is 24.2 Å². The van der Waals surface area contributed by atoms with Crippen molar-refractivity contribution in [3.05, 3.63) is 35.9 Å². The van der Waals surface area contributed by atoms with Gasteiger partial charge in [0.25, 0.3) is 0 Å². The van der Waals surface area contributed by atoms with Crippen molar-refractivity contribution in [2.75, 3.05) is 26.8 Å². The van der Waals surface area contributed by atoms with Crippen LogP contribution in [0.2, 0.25) is 0 Å². The number of aliphatic hydroxyl groups is 1. The van der Waals surface area contributed by atoms with Gasteiger partial charge in [-0.15, -0.1) is 0 Å². The van der Waals surface area contributed by atoms with Crippen molar-refractivity contribution in [2.45, 2.75) is 25.0 Å². The molecule has 1 aromatic carbocycles. The largest absolute Gasteiger partial charge is 0.394 e. The van der Waals surface area contributed by atoms with Crippen LogP contribution in [0.15, 0.2) is 30.3 Å². The van der Waals surface area contributed by atoms with Gasteiger partial charge in [0.15, 0.2) is 6.29 Å². The normalized spacial score (nSPS) is 28.0. The lowest BCUT2D eigenvalue weighted by molar-refractivity contribution is -0.231. The van der Waals surface area contributed by atoms with Crippen LogP contribution in [0.4, 0.5) is 0 Å². The number of morpholine rings is 1. The molecule has 0 bridgehead atoms. The molecule has 3 atom stereocenters. The molecule has 0 aliphatic carbocycles. The van der Waals surface area contributed by atoms with Crippen molar-refractivity contribution in [3.63, 3.8) is 0 Å². The van der Waals surface area contributed by atoms with Crippen LogP contribution in [-0.4, -0.2) is 72.0 Å². The fourth-order valence-corrected chi connectivity index (χ4v) is 3.07. The maximum atomic E-state index is 12.8. The molecule has 2 unspecified atom stereocenters. The molecule has 2 aliphatic heterocycles. The highest BCUT2D eigenvalue weighted by Gasteiger charge is 2.48. The lowest BCUT2D eigenvalue weighted by Crippen LogP contribution is -2.69. The highest BCUT2D eigenvalue weighted by Crippen LogP contribution is 2.25. The third kappa shape index (κ3) is 3.08. The molecule has 2 heterocycles. The first-order valence-corrected chi connectivity index (χ1v) is 7.55. The molecule has 7 nitrogen and oxygen atoms in total. The van der Waals surface area contributed by atoms with Crippen LogP contribution in [0.3, 0.4) is 0 Å². The van der Waals surface area contributed by atoms with Crippen LogP contribution in [-0.2, 0) is 25.6 Å². The van der Waals surface area contributed by atoms with E-state index in [2.05, 4.69) is 0 Å². The number of nitrogens with zero attached hydrogens (tertiary/aromatic N) is 2. The third-order valence-corrected chi connectivity index (χ3v) is 4.23. The van der Waals surface area contributed by atoms with Gasteiger partial charge in [-0.1, -0.05) is 30.3 Å². The molecule has 0 saturated carbocycles. The Bertz CT molecular complexity index is 579. The fourth-order valence-electron chi connectivity index (χ4n) is 3.07. The first-order valence-electron chi connectivity index (χ1n) is 7.55. The standard InChI is InChI=1S/C16H20N2O5/c1-22-14-9-18-13(20)8-17(7-11-5-3-2-4-6-11)16(21)15(18)12(10-19)23-14/h2-6,12,14-15,19H,7-10H2,1H3/t12-,14?,15?/m1/s1. The van der Waals surface area contributed by atoms with Gasteiger partial charge in [-0.2, -0.15) is 0 Å². The summed E-state index contributed by atoms with van der Waals surface area (Å²) in [6, 6.07) is 8.70. The average molecular weight is 320 g/mol. The van der Waals surface area contributed by atoms with E-state index in [-0.39, 0.29) is 31.5 Å². The maximum Gasteiger partial charge on any atom is 0.248 e. The minimum absolute atomic E-state index is 0.0266. The summed E-state index contributed by atoms with van der Waals surface area (Å²) in [7, 11) is 1.47. The van der Waals surface area contributed by atoms with E-state index < -0.39 is 18.4 Å². The van der Waals surface area contributed by atoms with Crippen molar-refractivity contribution in [1.82, 2.24) is 9.80 Å². The van der Waals surface area contributed by atoms with Gasteiger partial charge >= 0.3 is 0 Å². The summed E-state index contributed by atoms with van der Waals surface area (Å²) >= 11 is 0. The lowest BCUT2D eigenvalue weighted by Gasteiger charge is -2.47. The van der Waals surface area contributed by atoms with Crippen LogP contribution < -0.4 is 0 Å². The Hall–Kier alpha value is -1.96. The van der Waals surface area contributed by atoms with E-state index in [1.165, 1.54) is 16.9 Å². The van der Waals surface area contributed by atoms with Gasteiger partial charge in [0.05, 0.1) is 13.2 Å². The minimum atomic E-state index is -0.795. The number of hydrogen-bond donors (Lipinski definition) is 1. The number of benzene rings is 1. The van der Waals surface area contributed by atoms with Crippen LogP contribution in [0, 0.1) is 0 Å². The number of ether oxygens (including phenoxy) is 2. The molecule has 23 heavy (non-hydrogen) atoms. The molecule has 124 valence electrons. The molecule has 2 saturated heterocycles. The summed E-state index contributed by atoms with van der Waals surface area (Å²) in [5.41, 5.74) is 0.953. The second-order valence-electron chi connectivity index (χ2n) is 5.69. The molecular formula is C16H20N2O5. The number of hydrogen-bond acceptors (Lipinski definition) is 5. The Kier molecular flexibility index (Phi) is 4.61. The summed E-state index contributed by atoms with van der Waals surface area (Å²) in [5.74, 6) is -0.364. The predicted molar refractivity (Wildman–Crippen MR) is 80.1 cm³/mol. The smallest absolute Gasteiger partial charge is 0.248 e. The van der Waals surface area contributed by atoms with Gasteiger partial charge in [0, 0.05) is 13.7 Å². The maximum absolute atomic E-state index is 12.8. The van der Waals surface area contributed by atoms with E-state index in [1.807, 2.05) is 30.3 Å². The molecule has 0 aromatic heterocycles. The van der Waals surface area contributed by atoms with Gasteiger partial charge in [0.1, 0.15) is 18.7 Å². The summed E-state index contributed by atoms with van der Waals surface area (Å²) in [6.45, 7) is 0.237. The number of fused-ring (bicyclic) bond motifs is 1. The van der Waals surface area contributed by atoms with Gasteiger partial charge in [-0.3, -0.25) is 9.59 Å². The fraction of sp³-hybridized carbons (Fsp3) is 0.500. The topological polar surface area (TPSA) is 79.3 Å². The Labute approximate surface area is 134 Å². The van der Waals surface area contributed by atoms with E-state index in [0.29, 0.717) is 6.54 Å². The first kappa shape index (κ1) is 15.9. The van der Waals surface area contributed by atoms with Crippen molar-refractivity contribution >= 4 is 11.8 Å². The predicted octanol–water partition coefficient (Wildman–Crippen LogP) is -0.410. The summed E-state index contributed by atoms with van der Waals surface area (Å²) in [4.78, 5) is 28.2. The zero-order valence-corrected chi connectivity index (χ0v) is 12.9. The number of piperazine rings is 1. The quantitative estimate of drug-likeness (QED) is 0.816. The Morgan fingerprint density at radius 1 is 1.30 bits per heavy atom. The van der Waals surface area contributed by atoms with Gasteiger partial charge in [-0.05, 0) is 5.56 Å². The zero-order valence-electron chi connectivity index (χ0n) is 12.9. The number of carbonyl (C=O) groups excluding carboxylic acids is 2. The van der Waals surface area contributed by atoms with E-state index >= 15 is 0 Å². The lowest BCUT2D eigenvalue weighted by atomic mass is 10.0. The highest BCUT2D eigenvalue weighted by atomic mass is 16.7. The number of methoxy groups -OCH3 is 1. The molecule has 2 amide bonds. The first-order chi connectivity index (χ1) is 11.1. The van der Waals surface area contributed by atoms with E-state index in [9.17, 15) is 14.7 Å². The molecule has 2 fully saturated rings. The molecule has 3 rings (SSSR count). The van der Waals surface area contributed by atoms with Crippen molar-refractivity contribution in [2.24, 2.45) is 0 Å². The zero-order chi connectivity index (χ0) is 16.4. The van der Waals surface area contributed by atoms with E-state index in [0.717, 1.165) is 5.56 Å². The molecule has 2 aliphatic rings. The molecule has 0 spiro atoms. The molecular weight excluding hydrogens is 300 g/mol. The van der Waals surface area contributed by atoms with Crippen LogP contribution in [0.1, 0.15) is 5.56 Å². The Balaban J connectivity index is 1.80. The van der Waals surface area contributed by atoms with E-state index in [4.69, 9.17) is 9.47 Å². The summed E-state index contributed by atoms with van der Waals surface area (Å²) in [6.07, 6.45) is -1.40. The van der Waals surface area contributed by atoms with Crippen LogP contribution in [0.5, 0.6) is 0 Å². The highest BCUT2D eigenvalue weighted by molar-refractivity contribution is 5.95. The third-order valence-electron chi connectivity index (χ3n) is 4.23. The summed E-state index contributed by atoms with van der Waals surface area (Å²) in [5, 5.41) is 9.53. The molecule has 0 radical (unpaired) electrons. The van der Waals surface area contributed by atoms with Crippen molar-refractivity contribution in [1.29, 1.82) is 0 Å². The second-order valence-corrected chi connectivity index (χ2v) is 5.69. The van der Waals surface area contributed by atoms with Gasteiger partial charge in [0.2, 0.25) is 11.8 Å². The number of carbonyl (C=O) groups is 2. The monoisotopic (exact) mass is 320 g/mol. The minimum Gasteiger partial charge on any atom is -0.394 e. The number of rotatable bonds is 4. The SMILES string of the molecule is COC1CN2C(=O)CN(Cc3ccccc3)C(=O)C2[C@@H](CO)O1. The Morgan fingerprint density at radius 2 is 2.04 bits per heavy atom. The van der Waals surface area contributed by atoms with Crippen LogP contribution in [0.25, 0.3) is 0 Å². The molecule has 1 aromatic rings. The average Bonchev–Trinajstić information content (AvgIpc) is 2.59. The van der Waals surface area contributed by atoms with Crippen molar-refractivity contribution in [3.8, 4) is 0 Å². The number of amides is 2. The van der Waals surface area contributed by atoms with Crippen LogP contribution >= 0.6 is 0 Å². The van der Waals surface area contributed by atoms with Gasteiger partial charge < -0.3 is 24.4 Å².